The maximum Gasteiger partial charge on any atom is 0.247 e. The molecule has 0 spiro atoms. The molecule has 0 heterocycles. The summed E-state index contributed by atoms with van der Waals surface area (Å²) >= 11 is 6.00. The Balaban J connectivity index is 1.98. The van der Waals surface area contributed by atoms with Crippen LogP contribution in [0.3, 0.4) is 0 Å². The number of rotatable bonds is 7. The van der Waals surface area contributed by atoms with E-state index in [1.54, 1.807) is 24.1 Å². The lowest BCUT2D eigenvalue weighted by atomic mass is 10.0. The van der Waals surface area contributed by atoms with Gasteiger partial charge in [-0.25, -0.2) is 0 Å². The van der Waals surface area contributed by atoms with Crippen molar-refractivity contribution in [3.63, 3.8) is 0 Å². The number of benzene rings is 3. The van der Waals surface area contributed by atoms with Crippen LogP contribution in [0.1, 0.15) is 22.7 Å². The van der Waals surface area contributed by atoms with E-state index in [1.165, 1.54) is 0 Å². The van der Waals surface area contributed by atoms with E-state index in [1.807, 2.05) is 72.8 Å². The summed E-state index contributed by atoms with van der Waals surface area (Å²) in [6, 6.07) is 25.5. The molecule has 0 saturated heterocycles. The van der Waals surface area contributed by atoms with Gasteiger partial charge in [-0.15, -0.1) is 0 Å². The molecular weight excluding hydrogens is 384 g/mol. The molecule has 0 unspecified atom stereocenters. The quantitative estimate of drug-likeness (QED) is 0.632. The SMILES string of the molecule is CNC(=O)[C@@H](c1ccccc1)N(Cc1ccc(Cl)cc1)C(=O)Cc1ccccc1. The van der Waals surface area contributed by atoms with Gasteiger partial charge in [0.1, 0.15) is 6.04 Å². The van der Waals surface area contributed by atoms with Gasteiger partial charge >= 0.3 is 0 Å². The van der Waals surface area contributed by atoms with Crippen LogP contribution < -0.4 is 5.32 Å². The molecule has 0 aliphatic carbocycles. The van der Waals surface area contributed by atoms with E-state index in [0.717, 1.165) is 16.7 Å². The molecule has 0 saturated carbocycles. The predicted molar refractivity (Wildman–Crippen MR) is 115 cm³/mol. The summed E-state index contributed by atoms with van der Waals surface area (Å²) in [5.74, 6) is -0.352. The molecule has 1 N–H and O–H groups in total. The number of nitrogens with one attached hydrogen (secondary N) is 1. The summed E-state index contributed by atoms with van der Waals surface area (Å²) in [5, 5.41) is 3.33. The maximum atomic E-state index is 13.3. The zero-order chi connectivity index (χ0) is 20.6. The number of hydrogen-bond donors (Lipinski definition) is 1. The monoisotopic (exact) mass is 406 g/mol. The van der Waals surface area contributed by atoms with Crippen LogP contribution in [0.2, 0.25) is 5.02 Å². The van der Waals surface area contributed by atoms with E-state index in [9.17, 15) is 9.59 Å². The second kappa shape index (κ2) is 9.89. The second-order valence-corrected chi connectivity index (χ2v) is 7.17. The molecule has 1 atom stereocenters. The number of carbonyl (C=O) groups is 2. The van der Waals surface area contributed by atoms with E-state index in [0.29, 0.717) is 11.6 Å². The van der Waals surface area contributed by atoms with E-state index in [2.05, 4.69) is 5.32 Å². The first-order valence-corrected chi connectivity index (χ1v) is 9.80. The zero-order valence-electron chi connectivity index (χ0n) is 16.2. The first-order valence-electron chi connectivity index (χ1n) is 9.43. The average Bonchev–Trinajstić information content (AvgIpc) is 2.76. The average molecular weight is 407 g/mol. The highest BCUT2D eigenvalue weighted by molar-refractivity contribution is 6.30. The predicted octanol–water partition coefficient (Wildman–Crippen LogP) is 4.40. The fourth-order valence-electron chi connectivity index (χ4n) is 3.23. The molecular formula is C24H23ClN2O2. The summed E-state index contributed by atoms with van der Waals surface area (Å²) in [7, 11) is 1.58. The van der Waals surface area contributed by atoms with Crippen molar-refractivity contribution in [2.75, 3.05) is 7.05 Å². The molecule has 3 rings (SSSR count). The van der Waals surface area contributed by atoms with Crippen molar-refractivity contribution < 1.29 is 9.59 Å². The molecule has 0 radical (unpaired) electrons. The summed E-state index contributed by atoms with van der Waals surface area (Å²) in [6.45, 7) is 0.301. The van der Waals surface area contributed by atoms with Gasteiger partial charge in [0.15, 0.2) is 0 Å². The van der Waals surface area contributed by atoms with Gasteiger partial charge in [0.25, 0.3) is 0 Å². The van der Waals surface area contributed by atoms with Crippen molar-refractivity contribution in [3.05, 3.63) is 107 Å². The molecule has 0 aliphatic heterocycles. The first-order chi connectivity index (χ1) is 14.1. The molecule has 0 bridgehead atoms. The Morgan fingerprint density at radius 2 is 1.45 bits per heavy atom. The van der Waals surface area contributed by atoms with Gasteiger partial charge in [-0.3, -0.25) is 9.59 Å². The van der Waals surface area contributed by atoms with Gasteiger partial charge < -0.3 is 10.2 Å². The topological polar surface area (TPSA) is 49.4 Å². The highest BCUT2D eigenvalue weighted by atomic mass is 35.5. The van der Waals surface area contributed by atoms with Crippen molar-refractivity contribution in [1.29, 1.82) is 0 Å². The molecule has 29 heavy (non-hydrogen) atoms. The molecule has 0 fully saturated rings. The Morgan fingerprint density at radius 3 is 2.03 bits per heavy atom. The standard InChI is InChI=1S/C24H23ClN2O2/c1-26-24(29)23(20-10-6-3-7-11-20)27(17-19-12-14-21(25)15-13-19)22(28)16-18-8-4-2-5-9-18/h2-15,23H,16-17H2,1H3,(H,26,29)/t23-/m1/s1. The van der Waals surface area contributed by atoms with E-state index >= 15 is 0 Å². The minimum absolute atomic E-state index is 0.122. The fourth-order valence-corrected chi connectivity index (χ4v) is 3.35. The highest BCUT2D eigenvalue weighted by Gasteiger charge is 2.30. The lowest BCUT2D eigenvalue weighted by molar-refractivity contribution is -0.141. The van der Waals surface area contributed by atoms with Gasteiger partial charge in [0, 0.05) is 18.6 Å². The Bertz CT molecular complexity index is 944. The van der Waals surface area contributed by atoms with Crippen molar-refractivity contribution in [3.8, 4) is 0 Å². The van der Waals surface area contributed by atoms with Crippen LogP contribution in [-0.2, 0) is 22.6 Å². The van der Waals surface area contributed by atoms with Crippen LogP contribution in [0.4, 0.5) is 0 Å². The van der Waals surface area contributed by atoms with E-state index < -0.39 is 6.04 Å². The molecule has 0 aromatic heterocycles. The van der Waals surface area contributed by atoms with Crippen LogP contribution in [0.15, 0.2) is 84.9 Å². The van der Waals surface area contributed by atoms with Crippen LogP contribution in [0, 0.1) is 0 Å². The van der Waals surface area contributed by atoms with Crippen molar-refractivity contribution in [2.45, 2.75) is 19.0 Å². The molecule has 5 heteroatoms. The normalized spacial score (nSPS) is 11.5. The number of halogens is 1. The minimum atomic E-state index is -0.729. The van der Waals surface area contributed by atoms with Gasteiger partial charge in [-0.1, -0.05) is 84.4 Å². The highest BCUT2D eigenvalue weighted by Crippen LogP contribution is 2.25. The van der Waals surface area contributed by atoms with Crippen molar-refractivity contribution >= 4 is 23.4 Å². The molecule has 0 aliphatic rings. The fraction of sp³-hybridized carbons (Fsp3) is 0.167. The van der Waals surface area contributed by atoms with E-state index in [-0.39, 0.29) is 18.2 Å². The number of carbonyl (C=O) groups excluding carboxylic acids is 2. The lowest BCUT2D eigenvalue weighted by Gasteiger charge is -2.31. The minimum Gasteiger partial charge on any atom is -0.357 e. The Morgan fingerprint density at radius 1 is 0.862 bits per heavy atom. The zero-order valence-corrected chi connectivity index (χ0v) is 17.0. The van der Waals surface area contributed by atoms with Crippen LogP contribution >= 0.6 is 11.6 Å². The smallest absolute Gasteiger partial charge is 0.247 e. The number of nitrogens with zero attached hydrogens (tertiary/aromatic N) is 1. The molecule has 148 valence electrons. The summed E-state index contributed by atoms with van der Waals surface area (Å²) < 4.78 is 0. The second-order valence-electron chi connectivity index (χ2n) is 6.74. The van der Waals surface area contributed by atoms with Crippen LogP contribution in [0.5, 0.6) is 0 Å². The van der Waals surface area contributed by atoms with Gasteiger partial charge in [0.2, 0.25) is 11.8 Å². The summed E-state index contributed by atoms with van der Waals surface area (Å²) in [4.78, 5) is 27.8. The summed E-state index contributed by atoms with van der Waals surface area (Å²) in [6.07, 6.45) is 0.217. The van der Waals surface area contributed by atoms with E-state index in [4.69, 9.17) is 11.6 Å². The van der Waals surface area contributed by atoms with Gasteiger partial charge in [-0.2, -0.15) is 0 Å². The number of amides is 2. The molecule has 2 amide bonds. The van der Waals surface area contributed by atoms with Crippen LogP contribution in [0.25, 0.3) is 0 Å². The first kappa shape index (κ1) is 20.6. The molecule has 3 aromatic rings. The van der Waals surface area contributed by atoms with Crippen molar-refractivity contribution in [2.24, 2.45) is 0 Å². The number of likely N-dealkylation sites (N-methyl/N-ethyl adjacent to an activating group) is 1. The largest absolute Gasteiger partial charge is 0.357 e. The molecule has 4 nitrogen and oxygen atoms in total. The Hall–Kier alpha value is -3.11. The third-order valence-electron chi connectivity index (χ3n) is 4.71. The third-order valence-corrected chi connectivity index (χ3v) is 4.96. The van der Waals surface area contributed by atoms with Gasteiger partial charge in [-0.05, 0) is 28.8 Å². The Labute approximate surface area is 176 Å². The summed E-state index contributed by atoms with van der Waals surface area (Å²) in [5.41, 5.74) is 2.57. The van der Waals surface area contributed by atoms with Crippen molar-refractivity contribution in [1.82, 2.24) is 10.2 Å². The van der Waals surface area contributed by atoms with Crippen LogP contribution in [-0.4, -0.2) is 23.8 Å². The Kier molecular flexibility index (Phi) is 7.04. The third kappa shape index (κ3) is 5.46. The lowest BCUT2D eigenvalue weighted by Crippen LogP contribution is -2.43. The van der Waals surface area contributed by atoms with Gasteiger partial charge in [0.05, 0.1) is 6.42 Å². The number of hydrogen-bond acceptors (Lipinski definition) is 2. The maximum absolute atomic E-state index is 13.3. The molecule has 3 aromatic carbocycles.